The second kappa shape index (κ2) is 6.42. The van der Waals surface area contributed by atoms with Crippen molar-refractivity contribution in [1.29, 1.82) is 0 Å². The topological polar surface area (TPSA) is 21.3 Å². The van der Waals surface area contributed by atoms with Gasteiger partial charge in [-0.1, -0.05) is 17.7 Å². The van der Waals surface area contributed by atoms with Crippen molar-refractivity contribution in [2.45, 2.75) is 39.8 Å². The second-order valence-corrected chi connectivity index (χ2v) is 6.62. The standard InChI is InChI=1S/C17H23NOS/c1-11-6-8-16(19-5)15(10-11)13(3)18-14(4)17-9-7-12(2)20-17/h6-10,13-14,18H,1-5H3. The van der Waals surface area contributed by atoms with Gasteiger partial charge in [0.25, 0.3) is 0 Å². The molecule has 1 heterocycles. The Bertz CT molecular complexity index is 576. The quantitative estimate of drug-likeness (QED) is 0.855. The van der Waals surface area contributed by atoms with Crippen molar-refractivity contribution < 1.29 is 4.74 Å². The molecule has 0 spiro atoms. The number of hydrogen-bond acceptors (Lipinski definition) is 3. The molecule has 2 unspecified atom stereocenters. The molecule has 0 aliphatic carbocycles. The highest BCUT2D eigenvalue weighted by molar-refractivity contribution is 7.12. The average Bonchev–Trinajstić information content (AvgIpc) is 2.85. The highest BCUT2D eigenvalue weighted by Crippen LogP contribution is 2.29. The van der Waals surface area contributed by atoms with Gasteiger partial charge in [0, 0.05) is 27.4 Å². The Hall–Kier alpha value is -1.32. The van der Waals surface area contributed by atoms with E-state index in [-0.39, 0.29) is 6.04 Å². The number of methoxy groups -OCH3 is 1. The van der Waals surface area contributed by atoms with Crippen LogP contribution in [0.3, 0.4) is 0 Å². The summed E-state index contributed by atoms with van der Waals surface area (Å²) >= 11 is 1.85. The van der Waals surface area contributed by atoms with Gasteiger partial charge in [0.05, 0.1) is 7.11 Å². The molecule has 1 N–H and O–H groups in total. The highest BCUT2D eigenvalue weighted by atomic mass is 32.1. The largest absolute Gasteiger partial charge is 0.496 e. The van der Waals surface area contributed by atoms with Crippen LogP contribution in [0.2, 0.25) is 0 Å². The molecule has 0 radical (unpaired) electrons. The van der Waals surface area contributed by atoms with Gasteiger partial charge in [0.1, 0.15) is 5.75 Å². The molecule has 20 heavy (non-hydrogen) atoms. The molecule has 0 saturated carbocycles. The summed E-state index contributed by atoms with van der Waals surface area (Å²) in [7, 11) is 1.73. The maximum atomic E-state index is 5.48. The van der Waals surface area contributed by atoms with Crippen molar-refractivity contribution in [2.75, 3.05) is 7.11 Å². The third-order valence-corrected chi connectivity index (χ3v) is 4.72. The van der Waals surface area contributed by atoms with E-state index in [0.717, 1.165) is 5.75 Å². The monoisotopic (exact) mass is 289 g/mol. The van der Waals surface area contributed by atoms with Crippen molar-refractivity contribution in [1.82, 2.24) is 5.32 Å². The summed E-state index contributed by atoms with van der Waals surface area (Å²) in [4.78, 5) is 2.73. The van der Waals surface area contributed by atoms with Gasteiger partial charge < -0.3 is 10.1 Å². The number of nitrogens with one attached hydrogen (secondary N) is 1. The third kappa shape index (κ3) is 3.41. The van der Waals surface area contributed by atoms with Crippen LogP contribution >= 0.6 is 11.3 Å². The number of hydrogen-bond donors (Lipinski definition) is 1. The Morgan fingerprint density at radius 3 is 2.40 bits per heavy atom. The Kier molecular flexibility index (Phi) is 4.84. The fourth-order valence-corrected chi connectivity index (χ4v) is 3.31. The first-order valence-electron chi connectivity index (χ1n) is 6.98. The molecule has 2 rings (SSSR count). The predicted octanol–water partition coefficient (Wildman–Crippen LogP) is 4.79. The summed E-state index contributed by atoms with van der Waals surface area (Å²) in [6, 6.07) is 11.3. The molecule has 3 heteroatoms. The molecule has 2 aromatic rings. The lowest BCUT2D eigenvalue weighted by atomic mass is 10.0. The highest BCUT2D eigenvalue weighted by Gasteiger charge is 2.15. The Labute approximate surface area is 125 Å². The number of aryl methyl sites for hydroxylation is 2. The van der Waals surface area contributed by atoms with Crippen molar-refractivity contribution in [3.63, 3.8) is 0 Å². The normalized spacial score (nSPS) is 14.1. The molecule has 0 bridgehead atoms. The molecule has 0 aliphatic rings. The van der Waals surface area contributed by atoms with Crippen LogP contribution in [0.1, 0.15) is 46.8 Å². The fourth-order valence-electron chi connectivity index (χ4n) is 2.43. The molecule has 0 aliphatic heterocycles. The van der Waals surface area contributed by atoms with Gasteiger partial charge in [-0.15, -0.1) is 11.3 Å². The van der Waals surface area contributed by atoms with E-state index >= 15 is 0 Å². The lowest BCUT2D eigenvalue weighted by Crippen LogP contribution is -2.22. The maximum absolute atomic E-state index is 5.48. The lowest BCUT2D eigenvalue weighted by Gasteiger charge is -2.22. The molecule has 1 aromatic heterocycles. The maximum Gasteiger partial charge on any atom is 0.123 e. The molecule has 2 nitrogen and oxygen atoms in total. The number of thiophene rings is 1. The van der Waals surface area contributed by atoms with Crippen molar-refractivity contribution in [3.05, 3.63) is 51.2 Å². The van der Waals surface area contributed by atoms with E-state index in [1.54, 1.807) is 7.11 Å². The van der Waals surface area contributed by atoms with Gasteiger partial charge in [-0.05, 0) is 45.9 Å². The van der Waals surface area contributed by atoms with Gasteiger partial charge >= 0.3 is 0 Å². The fraction of sp³-hybridized carbons (Fsp3) is 0.412. The van der Waals surface area contributed by atoms with E-state index in [4.69, 9.17) is 4.74 Å². The first-order chi connectivity index (χ1) is 9.51. The second-order valence-electron chi connectivity index (χ2n) is 5.30. The van der Waals surface area contributed by atoms with Gasteiger partial charge in [-0.25, -0.2) is 0 Å². The summed E-state index contributed by atoms with van der Waals surface area (Å²) < 4.78 is 5.48. The number of ether oxygens (including phenoxy) is 1. The van der Waals surface area contributed by atoms with E-state index in [1.807, 2.05) is 17.4 Å². The molecular formula is C17H23NOS. The van der Waals surface area contributed by atoms with Crippen LogP contribution in [-0.4, -0.2) is 7.11 Å². The minimum atomic E-state index is 0.252. The van der Waals surface area contributed by atoms with Crippen LogP contribution in [0.4, 0.5) is 0 Å². The first kappa shape index (κ1) is 15.1. The first-order valence-corrected chi connectivity index (χ1v) is 7.80. The summed E-state index contributed by atoms with van der Waals surface area (Å²) in [5.41, 5.74) is 2.47. The van der Waals surface area contributed by atoms with E-state index in [0.29, 0.717) is 6.04 Å². The molecule has 0 fully saturated rings. The van der Waals surface area contributed by atoms with Crippen LogP contribution in [0.15, 0.2) is 30.3 Å². The summed E-state index contributed by atoms with van der Waals surface area (Å²) in [6.07, 6.45) is 0. The van der Waals surface area contributed by atoms with E-state index in [1.165, 1.54) is 20.9 Å². The van der Waals surface area contributed by atoms with Gasteiger partial charge in [-0.2, -0.15) is 0 Å². The van der Waals surface area contributed by atoms with Crippen LogP contribution in [0.5, 0.6) is 5.75 Å². The van der Waals surface area contributed by atoms with E-state index < -0.39 is 0 Å². The van der Waals surface area contributed by atoms with Crippen LogP contribution in [0.25, 0.3) is 0 Å². The molecule has 108 valence electrons. The van der Waals surface area contributed by atoms with Crippen LogP contribution in [-0.2, 0) is 0 Å². The Morgan fingerprint density at radius 1 is 1.05 bits per heavy atom. The molecule has 0 amide bonds. The molecule has 0 saturated heterocycles. The van der Waals surface area contributed by atoms with Crippen LogP contribution in [0, 0.1) is 13.8 Å². The smallest absolute Gasteiger partial charge is 0.123 e. The number of rotatable bonds is 5. The minimum Gasteiger partial charge on any atom is -0.496 e. The molecule has 2 atom stereocenters. The molecular weight excluding hydrogens is 266 g/mol. The zero-order chi connectivity index (χ0) is 14.7. The summed E-state index contributed by atoms with van der Waals surface area (Å²) in [5.74, 6) is 0.949. The van der Waals surface area contributed by atoms with Gasteiger partial charge in [0.15, 0.2) is 0 Å². The molecule has 1 aromatic carbocycles. The van der Waals surface area contributed by atoms with Crippen molar-refractivity contribution in [3.8, 4) is 5.75 Å². The lowest BCUT2D eigenvalue weighted by molar-refractivity contribution is 0.397. The van der Waals surface area contributed by atoms with Gasteiger partial charge in [0.2, 0.25) is 0 Å². The number of benzene rings is 1. The van der Waals surface area contributed by atoms with Crippen molar-refractivity contribution in [2.24, 2.45) is 0 Å². The van der Waals surface area contributed by atoms with Crippen molar-refractivity contribution >= 4 is 11.3 Å². The van der Waals surface area contributed by atoms with E-state index in [9.17, 15) is 0 Å². The third-order valence-electron chi connectivity index (χ3n) is 3.54. The Morgan fingerprint density at radius 2 is 1.80 bits per heavy atom. The van der Waals surface area contributed by atoms with E-state index in [2.05, 4.69) is 57.3 Å². The minimum absolute atomic E-state index is 0.252. The SMILES string of the molecule is COc1ccc(C)cc1C(C)NC(C)c1ccc(C)s1. The summed E-state index contributed by atoms with van der Waals surface area (Å²) in [5, 5.41) is 3.66. The average molecular weight is 289 g/mol. The predicted molar refractivity (Wildman–Crippen MR) is 86.8 cm³/mol. The summed E-state index contributed by atoms with van der Waals surface area (Å²) in [6.45, 7) is 8.66. The zero-order valence-electron chi connectivity index (χ0n) is 12.9. The zero-order valence-corrected chi connectivity index (χ0v) is 13.7. The Balaban J connectivity index is 2.15. The van der Waals surface area contributed by atoms with Gasteiger partial charge in [-0.3, -0.25) is 0 Å². The van der Waals surface area contributed by atoms with Crippen LogP contribution < -0.4 is 10.1 Å².